The molecule has 0 aromatic heterocycles. The van der Waals surface area contributed by atoms with E-state index in [0.717, 1.165) is 6.42 Å². The Labute approximate surface area is 95.0 Å². The fourth-order valence-electron chi connectivity index (χ4n) is 1.43. The molecule has 1 saturated heterocycles. The number of alkyl carbamates (subject to hydrolysis) is 1. The molecule has 1 atom stereocenters. The zero-order valence-corrected chi connectivity index (χ0v) is 7.19. The van der Waals surface area contributed by atoms with Gasteiger partial charge in [0.05, 0.1) is 6.04 Å². The summed E-state index contributed by atoms with van der Waals surface area (Å²) in [6, 6.07) is 10.2. The molecule has 0 radical (unpaired) electrons. The molecule has 70 valence electrons. The van der Waals surface area contributed by atoms with Crippen LogP contribution < -0.4 is 5.32 Å². The molecule has 0 saturated carbocycles. The summed E-state index contributed by atoms with van der Waals surface area (Å²) in [5, 5.41) is 2.74. The Hall–Kier alpha value is -0.913. The zero-order chi connectivity index (χ0) is 9.10. The predicted octanol–water partition coefficient (Wildman–Crippen LogP) is 0.689. The fraction of sp³-hybridized carbons (Fsp3) is 0.300. The molecule has 0 bridgehead atoms. The van der Waals surface area contributed by atoms with Crippen molar-refractivity contribution in [1.29, 1.82) is 0 Å². The quantitative estimate of drug-likeness (QED) is 0.688. The molecular weight excluding hydrogens is 173 g/mol. The van der Waals surface area contributed by atoms with Crippen LogP contribution in [0.3, 0.4) is 0 Å². The summed E-state index contributed by atoms with van der Waals surface area (Å²) in [7, 11) is 0. The van der Waals surface area contributed by atoms with Gasteiger partial charge in [0.25, 0.3) is 0 Å². The average molecular weight is 185 g/mol. The van der Waals surface area contributed by atoms with Gasteiger partial charge in [-0.15, -0.1) is 0 Å². The molecule has 1 aliphatic heterocycles. The van der Waals surface area contributed by atoms with E-state index in [4.69, 9.17) is 4.74 Å². The van der Waals surface area contributed by atoms with Crippen molar-refractivity contribution in [2.24, 2.45) is 0 Å². The first-order chi connectivity index (χ1) is 6.34. The summed E-state index contributed by atoms with van der Waals surface area (Å²) in [4.78, 5) is 10.7. The number of carbonyl (C=O) groups is 1. The van der Waals surface area contributed by atoms with Gasteiger partial charge in [0.1, 0.15) is 6.61 Å². The average Bonchev–Trinajstić information content (AvgIpc) is 2.53. The number of benzene rings is 1. The Morgan fingerprint density at radius 3 is 2.64 bits per heavy atom. The van der Waals surface area contributed by atoms with Crippen molar-refractivity contribution < 1.29 is 9.53 Å². The second kappa shape index (κ2) is 5.09. The van der Waals surface area contributed by atoms with E-state index in [1.165, 1.54) is 5.56 Å². The Bertz CT molecular complexity index is 302. The minimum absolute atomic E-state index is 0. The van der Waals surface area contributed by atoms with Gasteiger partial charge in [0.15, 0.2) is 0 Å². The topological polar surface area (TPSA) is 38.3 Å². The van der Waals surface area contributed by atoms with Crippen molar-refractivity contribution >= 4 is 25.0 Å². The van der Waals surface area contributed by atoms with Crippen LogP contribution in [-0.4, -0.2) is 37.6 Å². The van der Waals surface area contributed by atoms with Gasteiger partial charge in [0, 0.05) is 0 Å². The van der Waals surface area contributed by atoms with E-state index >= 15 is 0 Å². The summed E-state index contributed by atoms with van der Waals surface area (Å²) in [6.45, 7) is 0.480. The van der Waals surface area contributed by atoms with Crippen molar-refractivity contribution in [2.75, 3.05) is 6.61 Å². The van der Waals surface area contributed by atoms with E-state index in [9.17, 15) is 4.79 Å². The monoisotopic (exact) mass is 185 g/mol. The van der Waals surface area contributed by atoms with Crippen molar-refractivity contribution in [1.82, 2.24) is 5.32 Å². The summed E-state index contributed by atoms with van der Waals surface area (Å²) in [6.07, 6.45) is 0.535. The number of amides is 1. The number of hydrogen-bond acceptors (Lipinski definition) is 2. The molecule has 1 fully saturated rings. The number of nitrogens with one attached hydrogen (secondary N) is 1. The van der Waals surface area contributed by atoms with Crippen LogP contribution in [-0.2, 0) is 11.2 Å². The van der Waals surface area contributed by atoms with Crippen LogP contribution in [0.1, 0.15) is 5.56 Å². The van der Waals surface area contributed by atoms with Gasteiger partial charge in [-0.2, -0.15) is 0 Å². The molecule has 14 heavy (non-hydrogen) atoms. The first-order valence-electron chi connectivity index (χ1n) is 4.32. The third kappa shape index (κ3) is 2.80. The Balaban J connectivity index is 0.000000980. The van der Waals surface area contributed by atoms with E-state index in [2.05, 4.69) is 5.32 Å². The fourth-order valence-corrected chi connectivity index (χ4v) is 1.43. The van der Waals surface area contributed by atoms with Gasteiger partial charge in [-0.25, -0.2) is 4.79 Å². The van der Waals surface area contributed by atoms with Gasteiger partial charge in [-0.3, -0.25) is 0 Å². The second-order valence-corrected chi connectivity index (χ2v) is 3.13. The molecule has 1 aliphatic rings. The van der Waals surface area contributed by atoms with Crippen molar-refractivity contribution in [3.05, 3.63) is 35.9 Å². The first-order valence-corrected chi connectivity index (χ1v) is 4.32. The standard InChI is InChI=1S/C10H11NO2.Li.H/c12-10-11-9(7-13-10)6-8-4-2-1-3-5-8;;/h1-5,9H,6-7H2,(H,11,12);;/t9-;;/m0../s1. The summed E-state index contributed by atoms with van der Waals surface area (Å²) >= 11 is 0. The number of cyclic esters (lactones) is 1. The first kappa shape index (κ1) is 11.2. The molecular formula is C10H12LiNO2. The van der Waals surface area contributed by atoms with E-state index < -0.39 is 0 Å². The molecule has 4 heteroatoms. The van der Waals surface area contributed by atoms with Crippen molar-refractivity contribution in [3.8, 4) is 0 Å². The number of hydrogen-bond donors (Lipinski definition) is 1. The molecule has 1 aromatic rings. The molecule has 1 aromatic carbocycles. The molecule has 0 spiro atoms. The number of ether oxygens (including phenoxy) is 1. The van der Waals surface area contributed by atoms with E-state index in [1.54, 1.807) is 0 Å². The van der Waals surface area contributed by atoms with Crippen LogP contribution >= 0.6 is 0 Å². The van der Waals surface area contributed by atoms with Gasteiger partial charge in [-0.05, 0) is 12.0 Å². The molecule has 1 N–H and O–H groups in total. The Kier molecular flexibility index (Phi) is 4.06. The van der Waals surface area contributed by atoms with Crippen molar-refractivity contribution in [2.45, 2.75) is 12.5 Å². The minimum atomic E-state index is -0.305. The maximum absolute atomic E-state index is 10.7. The van der Waals surface area contributed by atoms with Gasteiger partial charge < -0.3 is 10.1 Å². The number of rotatable bonds is 2. The maximum atomic E-state index is 10.7. The van der Waals surface area contributed by atoms with Crippen LogP contribution in [0, 0.1) is 0 Å². The Morgan fingerprint density at radius 2 is 2.07 bits per heavy atom. The molecule has 1 amide bonds. The van der Waals surface area contributed by atoms with Crippen molar-refractivity contribution in [3.63, 3.8) is 0 Å². The van der Waals surface area contributed by atoms with E-state index in [-0.39, 0.29) is 31.0 Å². The molecule has 2 rings (SSSR count). The van der Waals surface area contributed by atoms with Gasteiger partial charge >= 0.3 is 25.0 Å². The predicted molar refractivity (Wildman–Crippen MR) is 55.6 cm³/mol. The number of carbonyl (C=O) groups excluding carboxylic acids is 1. The van der Waals surface area contributed by atoms with Gasteiger partial charge in [0.2, 0.25) is 0 Å². The molecule has 1 heterocycles. The van der Waals surface area contributed by atoms with Crippen LogP contribution in [0.25, 0.3) is 0 Å². The third-order valence-corrected chi connectivity index (χ3v) is 2.06. The van der Waals surface area contributed by atoms with Crippen LogP contribution in [0.4, 0.5) is 4.79 Å². The molecule has 0 aliphatic carbocycles. The molecule has 3 nitrogen and oxygen atoms in total. The second-order valence-electron chi connectivity index (χ2n) is 3.13. The Morgan fingerprint density at radius 1 is 1.36 bits per heavy atom. The normalized spacial score (nSPS) is 19.4. The van der Waals surface area contributed by atoms with Gasteiger partial charge in [-0.1, -0.05) is 30.3 Å². The summed E-state index contributed by atoms with van der Waals surface area (Å²) < 4.78 is 4.79. The SMILES string of the molecule is O=C1N[C@@H](Cc2ccccc2)CO1.[LiH]. The van der Waals surface area contributed by atoms with Crippen LogP contribution in [0.5, 0.6) is 0 Å². The summed E-state index contributed by atoms with van der Waals surface area (Å²) in [5.74, 6) is 0. The zero-order valence-electron chi connectivity index (χ0n) is 7.19. The van der Waals surface area contributed by atoms with E-state index in [0.29, 0.717) is 6.61 Å². The van der Waals surface area contributed by atoms with E-state index in [1.807, 2.05) is 30.3 Å². The summed E-state index contributed by atoms with van der Waals surface area (Å²) in [5.41, 5.74) is 1.22. The van der Waals surface area contributed by atoms with Crippen LogP contribution in [0.15, 0.2) is 30.3 Å². The molecule has 0 unspecified atom stereocenters. The van der Waals surface area contributed by atoms with Crippen LogP contribution in [0.2, 0.25) is 0 Å². The third-order valence-electron chi connectivity index (χ3n) is 2.06.